The number of likely N-dealkylation sites (tertiary alicyclic amines) is 1. The zero-order valence-corrected chi connectivity index (χ0v) is 18.0. The molecule has 162 valence electrons. The van der Waals surface area contributed by atoms with Crippen LogP contribution in [-0.2, 0) is 22.6 Å². The summed E-state index contributed by atoms with van der Waals surface area (Å²) in [5.41, 5.74) is 2.70. The molecule has 1 atom stereocenters. The Balaban J connectivity index is 1.48. The molecule has 2 fully saturated rings. The Morgan fingerprint density at radius 2 is 1.97 bits per heavy atom. The minimum atomic E-state index is 0.553. The number of guanidine groups is 1. The van der Waals surface area contributed by atoms with Crippen molar-refractivity contribution < 1.29 is 9.47 Å². The summed E-state index contributed by atoms with van der Waals surface area (Å²) in [4.78, 5) is 9.40. The summed E-state index contributed by atoms with van der Waals surface area (Å²) in [6.07, 6.45) is 2.49. The standard InChI is InChI=1S/C22H37N5O2/c1-23-22(25-17-21-8-5-9-27(21)12-13-28-2)24-16-19-6-3-4-7-20(19)18-26-10-14-29-15-11-26/h3-4,6-7,21H,5,8-18H2,1-2H3,(H2,23,24,25). The van der Waals surface area contributed by atoms with Crippen LogP contribution in [0.5, 0.6) is 0 Å². The lowest BCUT2D eigenvalue weighted by Gasteiger charge is -2.27. The summed E-state index contributed by atoms with van der Waals surface area (Å²) < 4.78 is 10.7. The minimum absolute atomic E-state index is 0.553. The fourth-order valence-corrected chi connectivity index (χ4v) is 4.13. The molecular formula is C22H37N5O2. The lowest BCUT2D eigenvalue weighted by molar-refractivity contribution is 0.0341. The maximum Gasteiger partial charge on any atom is 0.191 e. The highest BCUT2D eigenvalue weighted by atomic mass is 16.5. The first kappa shape index (κ1) is 22.0. The molecule has 1 unspecified atom stereocenters. The van der Waals surface area contributed by atoms with E-state index in [1.807, 2.05) is 7.05 Å². The lowest BCUT2D eigenvalue weighted by Crippen LogP contribution is -2.45. The summed E-state index contributed by atoms with van der Waals surface area (Å²) in [6.45, 7) is 9.31. The van der Waals surface area contributed by atoms with Gasteiger partial charge in [-0.15, -0.1) is 0 Å². The first-order valence-corrected chi connectivity index (χ1v) is 10.8. The number of ether oxygens (including phenoxy) is 2. The van der Waals surface area contributed by atoms with Crippen molar-refractivity contribution >= 4 is 5.96 Å². The molecule has 1 aromatic carbocycles. The number of benzene rings is 1. The van der Waals surface area contributed by atoms with Crippen LogP contribution in [0.3, 0.4) is 0 Å². The molecular weight excluding hydrogens is 366 g/mol. The molecule has 0 aliphatic carbocycles. The van der Waals surface area contributed by atoms with Crippen molar-refractivity contribution in [3.8, 4) is 0 Å². The van der Waals surface area contributed by atoms with Crippen LogP contribution in [0.1, 0.15) is 24.0 Å². The fraction of sp³-hybridized carbons (Fsp3) is 0.682. The van der Waals surface area contributed by atoms with E-state index in [0.29, 0.717) is 6.04 Å². The van der Waals surface area contributed by atoms with E-state index in [1.54, 1.807) is 7.11 Å². The van der Waals surface area contributed by atoms with E-state index >= 15 is 0 Å². The normalized spacial score (nSPS) is 21.4. The van der Waals surface area contributed by atoms with E-state index in [9.17, 15) is 0 Å². The van der Waals surface area contributed by atoms with Crippen LogP contribution in [0.25, 0.3) is 0 Å². The summed E-state index contributed by atoms with van der Waals surface area (Å²) >= 11 is 0. The van der Waals surface area contributed by atoms with E-state index in [-0.39, 0.29) is 0 Å². The van der Waals surface area contributed by atoms with Gasteiger partial charge in [-0.3, -0.25) is 14.8 Å². The molecule has 0 radical (unpaired) electrons. The molecule has 2 heterocycles. The van der Waals surface area contributed by atoms with Gasteiger partial charge in [-0.05, 0) is 30.5 Å². The van der Waals surface area contributed by atoms with Crippen molar-refractivity contribution in [3.05, 3.63) is 35.4 Å². The van der Waals surface area contributed by atoms with E-state index < -0.39 is 0 Å². The average molecular weight is 404 g/mol. The van der Waals surface area contributed by atoms with Crippen LogP contribution >= 0.6 is 0 Å². The smallest absolute Gasteiger partial charge is 0.191 e. The topological polar surface area (TPSA) is 61.4 Å². The van der Waals surface area contributed by atoms with Crippen molar-refractivity contribution in [1.82, 2.24) is 20.4 Å². The molecule has 2 saturated heterocycles. The van der Waals surface area contributed by atoms with Crippen LogP contribution in [0, 0.1) is 0 Å². The SMILES string of the molecule is CN=C(NCc1ccccc1CN1CCOCC1)NCC1CCCN1CCOC. The number of hydrogen-bond acceptors (Lipinski definition) is 5. The van der Waals surface area contributed by atoms with Crippen molar-refractivity contribution in [2.24, 2.45) is 4.99 Å². The van der Waals surface area contributed by atoms with Crippen LogP contribution < -0.4 is 10.6 Å². The summed E-state index contributed by atoms with van der Waals surface area (Å²) in [7, 11) is 3.61. The van der Waals surface area contributed by atoms with Gasteiger partial charge in [-0.2, -0.15) is 0 Å². The van der Waals surface area contributed by atoms with E-state index in [0.717, 1.165) is 71.6 Å². The Bertz CT molecular complexity index is 633. The highest BCUT2D eigenvalue weighted by molar-refractivity contribution is 5.79. The largest absolute Gasteiger partial charge is 0.383 e. The van der Waals surface area contributed by atoms with Crippen LogP contribution in [0.15, 0.2) is 29.3 Å². The molecule has 1 aromatic rings. The third kappa shape index (κ3) is 6.96. The Morgan fingerprint density at radius 3 is 2.72 bits per heavy atom. The molecule has 2 aliphatic heterocycles. The van der Waals surface area contributed by atoms with Gasteiger partial charge in [0.05, 0.1) is 19.8 Å². The molecule has 0 bridgehead atoms. The van der Waals surface area contributed by atoms with Crippen LogP contribution in [0.4, 0.5) is 0 Å². The molecule has 7 nitrogen and oxygen atoms in total. The molecule has 29 heavy (non-hydrogen) atoms. The molecule has 2 N–H and O–H groups in total. The number of nitrogens with zero attached hydrogens (tertiary/aromatic N) is 3. The molecule has 0 spiro atoms. The zero-order chi connectivity index (χ0) is 20.3. The van der Waals surface area contributed by atoms with E-state index in [1.165, 1.54) is 24.0 Å². The van der Waals surface area contributed by atoms with Crippen molar-refractivity contribution in [1.29, 1.82) is 0 Å². The molecule has 7 heteroatoms. The number of hydrogen-bond donors (Lipinski definition) is 2. The van der Waals surface area contributed by atoms with Gasteiger partial charge in [0, 0.05) is 59.5 Å². The monoisotopic (exact) mass is 403 g/mol. The molecule has 2 aliphatic rings. The second-order valence-corrected chi connectivity index (χ2v) is 7.79. The second-order valence-electron chi connectivity index (χ2n) is 7.79. The van der Waals surface area contributed by atoms with Gasteiger partial charge in [-0.25, -0.2) is 0 Å². The molecule has 0 amide bonds. The van der Waals surface area contributed by atoms with Crippen molar-refractivity contribution in [2.75, 3.05) is 66.7 Å². The second kappa shape index (κ2) is 12.1. The van der Waals surface area contributed by atoms with Gasteiger partial charge in [0.25, 0.3) is 0 Å². The quantitative estimate of drug-likeness (QED) is 0.479. The first-order chi connectivity index (χ1) is 14.3. The fourth-order valence-electron chi connectivity index (χ4n) is 4.13. The average Bonchev–Trinajstić information content (AvgIpc) is 3.21. The Labute approximate surface area is 175 Å². The maximum atomic E-state index is 5.47. The van der Waals surface area contributed by atoms with Crippen molar-refractivity contribution in [3.63, 3.8) is 0 Å². The van der Waals surface area contributed by atoms with Gasteiger partial charge in [0.2, 0.25) is 0 Å². The Kier molecular flexibility index (Phi) is 9.21. The maximum absolute atomic E-state index is 5.47. The molecule has 3 rings (SSSR count). The lowest BCUT2D eigenvalue weighted by atomic mass is 10.1. The van der Waals surface area contributed by atoms with E-state index in [4.69, 9.17) is 9.47 Å². The number of methoxy groups -OCH3 is 1. The van der Waals surface area contributed by atoms with Gasteiger partial charge >= 0.3 is 0 Å². The number of aliphatic imine (C=N–C) groups is 1. The zero-order valence-electron chi connectivity index (χ0n) is 18.0. The van der Waals surface area contributed by atoms with Crippen LogP contribution in [-0.4, -0.2) is 88.5 Å². The number of morpholine rings is 1. The van der Waals surface area contributed by atoms with Gasteiger partial charge in [0.15, 0.2) is 5.96 Å². The van der Waals surface area contributed by atoms with Gasteiger partial charge < -0.3 is 20.1 Å². The third-order valence-electron chi connectivity index (χ3n) is 5.87. The van der Waals surface area contributed by atoms with E-state index in [2.05, 4.69) is 49.7 Å². The minimum Gasteiger partial charge on any atom is -0.383 e. The summed E-state index contributed by atoms with van der Waals surface area (Å²) in [6, 6.07) is 9.23. The Hall–Kier alpha value is -1.67. The molecule has 0 aromatic heterocycles. The van der Waals surface area contributed by atoms with Crippen LogP contribution in [0.2, 0.25) is 0 Å². The predicted molar refractivity (Wildman–Crippen MR) is 117 cm³/mol. The Morgan fingerprint density at radius 1 is 1.17 bits per heavy atom. The van der Waals surface area contributed by atoms with Crippen molar-refractivity contribution in [2.45, 2.75) is 32.0 Å². The highest BCUT2D eigenvalue weighted by Gasteiger charge is 2.24. The predicted octanol–water partition coefficient (Wildman–Crippen LogP) is 1.29. The highest BCUT2D eigenvalue weighted by Crippen LogP contribution is 2.16. The number of rotatable bonds is 9. The number of nitrogens with one attached hydrogen (secondary N) is 2. The first-order valence-electron chi connectivity index (χ1n) is 10.8. The summed E-state index contributed by atoms with van der Waals surface area (Å²) in [5, 5.41) is 7.02. The van der Waals surface area contributed by atoms with Gasteiger partial charge in [-0.1, -0.05) is 24.3 Å². The van der Waals surface area contributed by atoms with Gasteiger partial charge in [0.1, 0.15) is 0 Å². The third-order valence-corrected chi connectivity index (χ3v) is 5.87. The summed E-state index contributed by atoms with van der Waals surface area (Å²) in [5.74, 6) is 0.866. The molecule has 0 saturated carbocycles.